The highest BCUT2D eigenvalue weighted by Gasteiger charge is 2.21. The maximum absolute atomic E-state index is 10.2. The van der Waals surface area contributed by atoms with Gasteiger partial charge < -0.3 is 4.55 Å². The molecule has 0 bridgehead atoms. The number of hydrogen-bond donors (Lipinski definition) is 1. The van der Waals surface area contributed by atoms with E-state index < -0.39 is 15.9 Å². The summed E-state index contributed by atoms with van der Waals surface area (Å²) in [7, 11) is -4.13. The van der Waals surface area contributed by atoms with E-state index in [0.717, 1.165) is 6.54 Å². The molecule has 22 heavy (non-hydrogen) atoms. The molecule has 2 heterocycles. The minimum absolute atomic E-state index is 0.423. The molecule has 1 atom stereocenters. The second kappa shape index (κ2) is 8.41. The van der Waals surface area contributed by atoms with Gasteiger partial charge >= 0.3 is 0 Å². The van der Waals surface area contributed by atoms with Crippen LogP contribution in [0.25, 0.3) is 0 Å². The molecule has 0 aromatic heterocycles. The van der Waals surface area contributed by atoms with Crippen LogP contribution in [0.15, 0.2) is 35.3 Å². The highest BCUT2D eigenvalue weighted by atomic mass is 32.2. The Balaban J connectivity index is 0.000000160. The second-order valence-corrected chi connectivity index (χ2v) is 7.19. The number of aliphatic imine (C=N–C) groups is 1. The Labute approximate surface area is 132 Å². The first kappa shape index (κ1) is 17.1. The van der Waals surface area contributed by atoms with E-state index in [9.17, 15) is 13.0 Å². The van der Waals surface area contributed by atoms with Crippen LogP contribution in [0.5, 0.6) is 0 Å². The van der Waals surface area contributed by atoms with Gasteiger partial charge in [0.05, 0.1) is 29.0 Å². The maximum Gasteiger partial charge on any atom is 0.196 e. The third-order valence-electron chi connectivity index (χ3n) is 3.93. The van der Waals surface area contributed by atoms with Crippen LogP contribution in [0.2, 0.25) is 0 Å². The largest absolute Gasteiger partial charge is 0.748 e. The molecule has 5 nitrogen and oxygen atoms in total. The van der Waals surface area contributed by atoms with Gasteiger partial charge in [0.25, 0.3) is 0 Å². The summed E-state index contributed by atoms with van der Waals surface area (Å²) in [6, 6.07) is 8.37. The van der Waals surface area contributed by atoms with Crippen LogP contribution in [0.3, 0.4) is 0 Å². The van der Waals surface area contributed by atoms with Crippen LogP contribution in [0.4, 0.5) is 0 Å². The topological polar surface area (TPSA) is 74.0 Å². The van der Waals surface area contributed by atoms with Gasteiger partial charge in [0.1, 0.15) is 0 Å². The van der Waals surface area contributed by atoms with E-state index in [1.165, 1.54) is 51.0 Å². The van der Waals surface area contributed by atoms with Crippen LogP contribution in [-0.4, -0.2) is 38.4 Å². The Hall–Kier alpha value is -1.24. The molecule has 1 aromatic carbocycles. The van der Waals surface area contributed by atoms with Gasteiger partial charge in [-0.3, -0.25) is 4.90 Å². The Kier molecular flexibility index (Phi) is 6.54. The van der Waals surface area contributed by atoms with Gasteiger partial charge in [-0.05, 0) is 24.8 Å². The summed E-state index contributed by atoms with van der Waals surface area (Å²) in [5.41, 5.74) is 0.530. The molecule has 1 aromatic rings. The smallest absolute Gasteiger partial charge is 0.196 e. The van der Waals surface area contributed by atoms with Crippen molar-refractivity contribution in [2.75, 3.05) is 19.6 Å². The quantitative estimate of drug-likeness (QED) is 0.824. The van der Waals surface area contributed by atoms with Crippen LogP contribution < -0.4 is 4.90 Å². The first-order valence-corrected chi connectivity index (χ1v) is 9.48. The number of hydrogen-bond acceptors (Lipinski definition) is 4. The van der Waals surface area contributed by atoms with Gasteiger partial charge in [0.15, 0.2) is 5.84 Å². The van der Waals surface area contributed by atoms with Gasteiger partial charge in [-0.2, -0.15) is 0 Å². The molecule has 1 unspecified atom stereocenters. The predicted molar refractivity (Wildman–Crippen MR) is 85.9 cm³/mol. The van der Waals surface area contributed by atoms with E-state index in [2.05, 4.69) is 4.99 Å². The average Bonchev–Trinajstić information content (AvgIpc) is 2.72. The van der Waals surface area contributed by atoms with E-state index in [0.29, 0.717) is 5.56 Å². The SMILES string of the molecule is C1CCC2=NCCC[NH+]2CC1.O=S(=O)([O-])Cc1ccccc1. The summed E-state index contributed by atoms with van der Waals surface area (Å²) in [6.45, 7) is 3.79. The van der Waals surface area contributed by atoms with E-state index in [-0.39, 0.29) is 0 Å². The Morgan fingerprint density at radius 3 is 2.50 bits per heavy atom. The minimum atomic E-state index is -4.13. The van der Waals surface area contributed by atoms with Gasteiger partial charge in [-0.1, -0.05) is 30.3 Å². The van der Waals surface area contributed by atoms with Crippen molar-refractivity contribution < 1.29 is 17.9 Å². The van der Waals surface area contributed by atoms with Gasteiger partial charge in [0, 0.05) is 19.4 Å². The van der Waals surface area contributed by atoms with Crippen molar-refractivity contribution in [3.05, 3.63) is 35.9 Å². The third-order valence-corrected chi connectivity index (χ3v) is 4.61. The van der Waals surface area contributed by atoms with E-state index in [4.69, 9.17) is 0 Å². The van der Waals surface area contributed by atoms with Crippen LogP contribution >= 0.6 is 0 Å². The highest BCUT2D eigenvalue weighted by molar-refractivity contribution is 7.84. The lowest BCUT2D eigenvalue weighted by atomic mass is 10.2. The van der Waals surface area contributed by atoms with Gasteiger partial charge in [-0.25, -0.2) is 13.4 Å². The number of nitrogens with zero attached hydrogens (tertiary/aromatic N) is 1. The molecule has 0 radical (unpaired) electrons. The fourth-order valence-electron chi connectivity index (χ4n) is 2.87. The zero-order valence-electron chi connectivity index (χ0n) is 12.8. The van der Waals surface area contributed by atoms with Gasteiger partial charge in [0.2, 0.25) is 0 Å². The first-order valence-electron chi connectivity index (χ1n) is 7.90. The summed E-state index contributed by atoms with van der Waals surface area (Å²) in [5.74, 6) is 1.06. The number of fused-ring (bicyclic) bond motifs is 1. The van der Waals surface area contributed by atoms with Crippen molar-refractivity contribution in [2.24, 2.45) is 4.99 Å². The van der Waals surface area contributed by atoms with Crippen molar-refractivity contribution in [3.8, 4) is 0 Å². The van der Waals surface area contributed by atoms with Crippen molar-refractivity contribution in [3.63, 3.8) is 0 Å². The normalized spacial score (nSPS) is 21.7. The molecule has 6 heteroatoms. The van der Waals surface area contributed by atoms with Crippen LogP contribution in [0.1, 0.15) is 37.7 Å². The van der Waals surface area contributed by atoms with Gasteiger partial charge in [-0.15, -0.1) is 0 Å². The average molecular weight is 324 g/mol. The Morgan fingerprint density at radius 1 is 1.05 bits per heavy atom. The molecule has 0 aliphatic carbocycles. The van der Waals surface area contributed by atoms with E-state index in [1.54, 1.807) is 35.2 Å². The van der Waals surface area contributed by atoms with E-state index >= 15 is 0 Å². The molecule has 0 saturated carbocycles. The zero-order valence-corrected chi connectivity index (χ0v) is 13.6. The number of nitrogens with one attached hydrogen (secondary N) is 1. The van der Waals surface area contributed by atoms with Crippen molar-refractivity contribution >= 4 is 16.0 Å². The third kappa shape index (κ3) is 6.25. The van der Waals surface area contributed by atoms with Crippen molar-refractivity contribution in [1.29, 1.82) is 0 Å². The number of quaternary nitrogens is 1. The fraction of sp³-hybridized carbons (Fsp3) is 0.562. The molecule has 1 saturated heterocycles. The Bertz CT molecular complexity index is 585. The maximum atomic E-state index is 10.2. The molecule has 0 spiro atoms. The lowest BCUT2D eigenvalue weighted by Crippen LogP contribution is -3.15. The molecule has 2 aliphatic rings. The monoisotopic (exact) mass is 324 g/mol. The molecule has 1 N–H and O–H groups in total. The molecular weight excluding hydrogens is 300 g/mol. The predicted octanol–water partition coefficient (Wildman–Crippen LogP) is 0.979. The summed E-state index contributed by atoms with van der Waals surface area (Å²) in [6.07, 6.45) is 6.79. The van der Waals surface area contributed by atoms with Crippen LogP contribution in [-0.2, 0) is 15.9 Å². The molecule has 2 aliphatic heterocycles. The number of benzene rings is 1. The lowest BCUT2D eigenvalue weighted by Gasteiger charge is -2.21. The van der Waals surface area contributed by atoms with Crippen molar-refractivity contribution in [1.82, 2.24) is 0 Å². The number of amidine groups is 1. The number of rotatable bonds is 2. The molecular formula is C16H24N2O3S. The minimum Gasteiger partial charge on any atom is -0.748 e. The van der Waals surface area contributed by atoms with Crippen molar-refractivity contribution in [2.45, 2.75) is 37.9 Å². The summed E-state index contributed by atoms with van der Waals surface area (Å²) >= 11 is 0. The summed E-state index contributed by atoms with van der Waals surface area (Å²) < 4.78 is 30.7. The Morgan fingerprint density at radius 2 is 1.77 bits per heavy atom. The molecule has 0 amide bonds. The zero-order chi connectivity index (χ0) is 15.8. The lowest BCUT2D eigenvalue weighted by molar-refractivity contribution is -0.809. The molecule has 122 valence electrons. The summed E-state index contributed by atoms with van der Waals surface area (Å²) in [4.78, 5) is 6.28. The summed E-state index contributed by atoms with van der Waals surface area (Å²) in [5, 5.41) is 0. The highest BCUT2D eigenvalue weighted by Crippen LogP contribution is 2.04. The first-order chi connectivity index (χ1) is 10.5. The fourth-order valence-corrected chi connectivity index (χ4v) is 3.47. The molecule has 3 rings (SSSR count). The standard InChI is InChI=1S/C9H16N2.C7H8O3S/c1-2-5-9-10-6-4-8-11(9)7-3-1;8-11(9,10)6-7-4-2-1-3-5-7/h1-8H2;1-5H,6H2,(H,8,9,10). The van der Waals surface area contributed by atoms with E-state index in [1.807, 2.05) is 0 Å². The van der Waals surface area contributed by atoms with Crippen LogP contribution in [0, 0.1) is 0 Å². The molecule has 1 fully saturated rings. The second-order valence-electron chi connectivity index (χ2n) is 5.78.